The minimum atomic E-state index is -3.83. The number of nitro benzene ring substituents is 1. The molecule has 1 aromatic rings. The molecule has 0 heterocycles. The number of hydrogen-bond donors (Lipinski definition) is 0. The van der Waals surface area contributed by atoms with Crippen LogP contribution in [0.1, 0.15) is 13.8 Å². The van der Waals surface area contributed by atoms with Gasteiger partial charge < -0.3 is 0 Å². The number of rotatable bonds is 3. The normalized spacial score (nSPS) is 10.9. The van der Waals surface area contributed by atoms with Crippen LogP contribution in [0.15, 0.2) is 33.6 Å². The third-order valence-corrected chi connectivity index (χ3v) is 3.08. The highest BCUT2D eigenvalue weighted by Crippen LogP contribution is 2.19. The number of non-ortho nitro benzene ring substituents is 1. The van der Waals surface area contributed by atoms with Gasteiger partial charge in [-0.15, -0.1) is 0 Å². The topological polar surface area (TPSA) is 89.6 Å². The summed E-state index contributed by atoms with van der Waals surface area (Å²) in [4.78, 5) is 9.65. The Kier molecular flexibility index (Phi) is 3.38. The highest BCUT2D eigenvalue weighted by atomic mass is 32.2. The molecule has 0 aliphatic carbocycles. The third kappa shape index (κ3) is 2.86. The molecule has 0 amide bonds. The average molecular weight is 242 g/mol. The van der Waals surface area contributed by atoms with Gasteiger partial charge >= 0.3 is 0 Å². The Labute approximate surface area is 92.8 Å². The zero-order valence-electron chi connectivity index (χ0n) is 8.75. The Morgan fingerprint density at radius 1 is 1.38 bits per heavy atom. The predicted octanol–water partition coefficient (Wildman–Crippen LogP) is 1.76. The van der Waals surface area contributed by atoms with Crippen molar-refractivity contribution in [3.63, 3.8) is 0 Å². The van der Waals surface area contributed by atoms with Crippen LogP contribution >= 0.6 is 0 Å². The fourth-order valence-corrected chi connectivity index (χ4v) is 2.16. The smallest absolute Gasteiger partial charge is 0.258 e. The lowest BCUT2D eigenvalue weighted by atomic mass is 10.3. The molecule has 0 spiro atoms. The molecule has 7 heteroatoms. The molecule has 1 aromatic carbocycles. The first kappa shape index (κ1) is 12.3. The Bertz CT molecular complexity index is 544. The molecule has 0 radical (unpaired) electrons. The molecule has 16 heavy (non-hydrogen) atoms. The lowest BCUT2D eigenvalue weighted by Crippen LogP contribution is -2.00. The van der Waals surface area contributed by atoms with Crippen LogP contribution in [-0.2, 0) is 10.0 Å². The monoisotopic (exact) mass is 242 g/mol. The predicted molar refractivity (Wildman–Crippen MR) is 59.1 cm³/mol. The second-order valence-corrected chi connectivity index (χ2v) is 4.87. The molecular weight excluding hydrogens is 232 g/mol. The molecule has 0 fully saturated rings. The number of hydrogen-bond acceptors (Lipinski definition) is 4. The maximum absolute atomic E-state index is 11.6. The summed E-state index contributed by atoms with van der Waals surface area (Å²) in [6.45, 7) is 3.07. The standard InChI is InChI=1S/C9H10N2O4S/c1-7(2)10-16(14,15)9-5-3-4-8(6-9)11(12)13/h3-6H,1-2H3. The van der Waals surface area contributed by atoms with E-state index in [2.05, 4.69) is 4.40 Å². The van der Waals surface area contributed by atoms with Crippen molar-refractivity contribution in [2.45, 2.75) is 18.7 Å². The van der Waals surface area contributed by atoms with Crippen LogP contribution in [0.5, 0.6) is 0 Å². The molecule has 0 bridgehead atoms. The summed E-state index contributed by atoms with van der Waals surface area (Å²) in [5, 5.41) is 10.5. The van der Waals surface area contributed by atoms with Gasteiger partial charge in [-0.1, -0.05) is 6.07 Å². The quantitative estimate of drug-likeness (QED) is 0.459. The van der Waals surface area contributed by atoms with Crippen molar-refractivity contribution >= 4 is 21.4 Å². The molecule has 0 aromatic heterocycles. The summed E-state index contributed by atoms with van der Waals surface area (Å²) in [5.74, 6) is 0. The van der Waals surface area contributed by atoms with E-state index in [0.29, 0.717) is 5.71 Å². The van der Waals surface area contributed by atoms with E-state index >= 15 is 0 Å². The van der Waals surface area contributed by atoms with Gasteiger partial charge in [-0.05, 0) is 19.9 Å². The number of nitrogens with zero attached hydrogens (tertiary/aromatic N) is 2. The summed E-state index contributed by atoms with van der Waals surface area (Å²) in [5.41, 5.74) is 0.0940. The summed E-state index contributed by atoms with van der Waals surface area (Å²) >= 11 is 0. The van der Waals surface area contributed by atoms with Crippen LogP contribution in [0.2, 0.25) is 0 Å². The van der Waals surface area contributed by atoms with E-state index in [1.165, 1.54) is 32.0 Å². The first-order valence-electron chi connectivity index (χ1n) is 4.35. The minimum Gasteiger partial charge on any atom is -0.258 e. The van der Waals surface area contributed by atoms with E-state index < -0.39 is 14.9 Å². The van der Waals surface area contributed by atoms with Gasteiger partial charge in [0, 0.05) is 17.8 Å². The zero-order chi connectivity index (χ0) is 12.3. The average Bonchev–Trinajstić information content (AvgIpc) is 2.16. The van der Waals surface area contributed by atoms with Crippen LogP contribution in [0.4, 0.5) is 5.69 Å². The van der Waals surface area contributed by atoms with Gasteiger partial charge in [-0.2, -0.15) is 12.8 Å². The Balaban J connectivity index is 3.30. The van der Waals surface area contributed by atoms with E-state index in [9.17, 15) is 18.5 Å². The summed E-state index contributed by atoms with van der Waals surface area (Å²) < 4.78 is 26.7. The van der Waals surface area contributed by atoms with Gasteiger partial charge in [0.05, 0.1) is 9.82 Å². The number of benzene rings is 1. The molecule has 6 nitrogen and oxygen atoms in total. The summed E-state index contributed by atoms with van der Waals surface area (Å²) in [7, 11) is -3.83. The van der Waals surface area contributed by atoms with Crippen LogP contribution in [0.3, 0.4) is 0 Å². The van der Waals surface area contributed by atoms with E-state index in [1.807, 2.05) is 0 Å². The first-order valence-corrected chi connectivity index (χ1v) is 5.79. The molecule has 0 N–H and O–H groups in total. The van der Waals surface area contributed by atoms with Crippen molar-refractivity contribution < 1.29 is 13.3 Å². The van der Waals surface area contributed by atoms with E-state index in [4.69, 9.17) is 0 Å². The second kappa shape index (κ2) is 4.40. The fraction of sp³-hybridized carbons (Fsp3) is 0.222. The van der Waals surface area contributed by atoms with E-state index in [1.54, 1.807) is 0 Å². The molecule has 0 aliphatic heterocycles. The second-order valence-electron chi connectivity index (χ2n) is 3.27. The third-order valence-electron chi connectivity index (χ3n) is 1.63. The van der Waals surface area contributed by atoms with Gasteiger partial charge in [-0.25, -0.2) is 0 Å². The molecular formula is C9H10N2O4S. The van der Waals surface area contributed by atoms with Crippen molar-refractivity contribution in [2.75, 3.05) is 0 Å². The minimum absolute atomic E-state index is 0.178. The lowest BCUT2D eigenvalue weighted by molar-refractivity contribution is -0.385. The Hall–Kier alpha value is -1.76. The molecule has 86 valence electrons. The maximum atomic E-state index is 11.6. The SMILES string of the molecule is CC(C)=NS(=O)(=O)c1cccc([N+](=O)[O-])c1. The van der Waals surface area contributed by atoms with E-state index in [-0.39, 0.29) is 10.6 Å². The maximum Gasteiger partial charge on any atom is 0.282 e. The largest absolute Gasteiger partial charge is 0.282 e. The van der Waals surface area contributed by atoms with Gasteiger partial charge in [0.25, 0.3) is 15.7 Å². The van der Waals surface area contributed by atoms with Gasteiger partial charge in [0.1, 0.15) is 0 Å². The lowest BCUT2D eigenvalue weighted by Gasteiger charge is -1.99. The highest BCUT2D eigenvalue weighted by molar-refractivity contribution is 7.90. The Morgan fingerprint density at radius 3 is 2.50 bits per heavy atom. The van der Waals surface area contributed by atoms with Crippen LogP contribution < -0.4 is 0 Å². The molecule has 0 aliphatic rings. The highest BCUT2D eigenvalue weighted by Gasteiger charge is 2.16. The van der Waals surface area contributed by atoms with E-state index in [0.717, 1.165) is 6.07 Å². The van der Waals surface area contributed by atoms with Gasteiger partial charge in [0.2, 0.25) is 0 Å². The van der Waals surface area contributed by atoms with Crippen molar-refractivity contribution in [2.24, 2.45) is 4.40 Å². The van der Waals surface area contributed by atoms with Crippen LogP contribution in [0.25, 0.3) is 0 Å². The summed E-state index contributed by atoms with van der Waals surface area (Å²) in [6, 6.07) is 4.80. The van der Waals surface area contributed by atoms with Gasteiger partial charge in [-0.3, -0.25) is 10.1 Å². The molecule has 0 atom stereocenters. The van der Waals surface area contributed by atoms with Crippen LogP contribution in [-0.4, -0.2) is 19.1 Å². The fourth-order valence-electron chi connectivity index (χ4n) is 1.05. The Morgan fingerprint density at radius 2 is 2.00 bits per heavy atom. The summed E-state index contributed by atoms with van der Waals surface area (Å²) in [6.07, 6.45) is 0. The van der Waals surface area contributed by atoms with Crippen molar-refractivity contribution in [3.8, 4) is 0 Å². The molecule has 0 saturated heterocycles. The zero-order valence-corrected chi connectivity index (χ0v) is 9.56. The van der Waals surface area contributed by atoms with Crippen molar-refractivity contribution in [1.29, 1.82) is 0 Å². The molecule has 0 saturated carbocycles. The first-order chi connectivity index (χ1) is 7.33. The number of sulfonamides is 1. The molecule has 0 unspecified atom stereocenters. The van der Waals surface area contributed by atoms with Gasteiger partial charge in [0.15, 0.2) is 0 Å². The van der Waals surface area contributed by atoms with Crippen LogP contribution in [0, 0.1) is 10.1 Å². The van der Waals surface area contributed by atoms with Crippen molar-refractivity contribution in [1.82, 2.24) is 0 Å². The van der Waals surface area contributed by atoms with Crippen molar-refractivity contribution in [3.05, 3.63) is 34.4 Å². The molecule has 1 rings (SSSR count). The number of nitro groups is 1.